The molecule has 0 unspecified atom stereocenters. The van der Waals surface area contributed by atoms with Crippen molar-refractivity contribution in [2.24, 2.45) is 0 Å². The predicted molar refractivity (Wildman–Crippen MR) is 103 cm³/mol. The highest BCUT2D eigenvalue weighted by atomic mass is 32.1. The van der Waals surface area contributed by atoms with Crippen LogP contribution in [0.3, 0.4) is 0 Å². The van der Waals surface area contributed by atoms with Gasteiger partial charge < -0.3 is 14.8 Å². The summed E-state index contributed by atoms with van der Waals surface area (Å²) in [5, 5.41) is 19.9. The lowest BCUT2D eigenvalue weighted by molar-refractivity contribution is 0.104. The maximum Gasteiger partial charge on any atom is 0.203 e. The van der Waals surface area contributed by atoms with Crippen LogP contribution in [0.2, 0.25) is 0 Å². The number of rotatable bonds is 4. The molecule has 2 aromatic heterocycles. The van der Waals surface area contributed by atoms with Crippen molar-refractivity contribution in [3.63, 3.8) is 0 Å². The van der Waals surface area contributed by atoms with Gasteiger partial charge in [-0.2, -0.15) is 0 Å². The minimum Gasteiger partial charge on any atom is -0.508 e. The zero-order chi connectivity index (χ0) is 18.3. The second-order valence-electron chi connectivity index (χ2n) is 6.29. The summed E-state index contributed by atoms with van der Waals surface area (Å²) in [6.45, 7) is 2.73. The monoisotopic (exact) mass is 363 g/mol. The third-order valence-corrected chi connectivity index (χ3v) is 5.58. The molecule has 0 fully saturated rings. The molecular weight excluding hydrogens is 346 g/mol. The van der Waals surface area contributed by atoms with Crippen molar-refractivity contribution < 1.29 is 15.0 Å². The summed E-state index contributed by atoms with van der Waals surface area (Å²) in [5.74, 6) is 0.356. The fraction of sp³-hybridized carbons (Fsp3) is 0.0952. The van der Waals surface area contributed by atoms with Gasteiger partial charge in [0, 0.05) is 23.2 Å². The first kappa shape index (κ1) is 16.4. The Hall–Kier alpha value is -3.05. The van der Waals surface area contributed by atoms with Crippen LogP contribution in [0.5, 0.6) is 11.5 Å². The average molecular weight is 363 g/mol. The lowest BCUT2D eigenvalue weighted by Crippen LogP contribution is -2.00. The first-order valence-electron chi connectivity index (χ1n) is 8.22. The van der Waals surface area contributed by atoms with Crippen LogP contribution in [0.1, 0.15) is 26.5 Å². The molecule has 130 valence electrons. The van der Waals surface area contributed by atoms with Crippen molar-refractivity contribution in [2.75, 3.05) is 0 Å². The largest absolute Gasteiger partial charge is 0.508 e. The number of phenolic OH excluding ortho intramolecular Hbond substituents is 2. The lowest BCUT2D eigenvalue weighted by atomic mass is 10.1. The van der Waals surface area contributed by atoms with Crippen molar-refractivity contribution in [3.8, 4) is 11.5 Å². The number of hydrogen-bond acceptors (Lipinski definition) is 4. The molecule has 4 aromatic rings. The fourth-order valence-corrected chi connectivity index (χ4v) is 4.18. The molecule has 0 bridgehead atoms. The van der Waals surface area contributed by atoms with Gasteiger partial charge in [-0.15, -0.1) is 11.3 Å². The SMILES string of the molecule is Cc1cc2cc(C(=O)c3ccc(O)cc3)sc2n1Cc1ccc(O)cc1. The summed E-state index contributed by atoms with van der Waals surface area (Å²) in [6, 6.07) is 17.5. The molecule has 5 heteroatoms. The van der Waals surface area contributed by atoms with E-state index in [1.165, 1.54) is 23.5 Å². The van der Waals surface area contributed by atoms with Crippen molar-refractivity contribution >= 4 is 27.3 Å². The Labute approximate surface area is 154 Å². The van der Waals surface area contributed by atoms with Crippen LogP contribution >= 0.6 is 11.3 Å². The zero-order valence-electron chi connectivity index (χ0n) is 14.1. The Morgan fingerprint density at radius 2 is 1.58 bits per heavy atom. The highest BCUT2D eigenvalue weighted by molar-refractivity contribution is 7.20. The van der Waals surface area contributed by atoms with Crippen LogP contribution in [-0.2, 0) is 6.54 Å². The van der Waals surface area contributed by atoms with E-state index >= 15 is 0 Å². The van der Waals surface area contributed by atoms with Crippen LogP contribution < -0.4 is 0 Å². The van der Waals surface area contributed by atoms with E-state index in [1.54, 1.807) is 24.3 Å². The number of aromatic nitrogens is 1. The molecule has 0 saturated carbocycles. The minimum absolute atomic E-state index is 0.0416. The topological polar surface area (TPSA) is 62.5 Å². The van der Waals surface area contributed by atoms with E-state index in [4.69, 9.17) is 0 Å². The molecule has 2 N–H and O–H groups in total. The van der Waals surface area contributed by atoms with E-state index in [2.05, 4.69) is 17.6 Å². The van der Waals surface area contributed by atoms with Crippen LogP contribution in [0.25, 0.3) is 10.2 Å². The van der Waals surface area contributed by atoms with Crippen LogP contribution in [-0.4, -0.2) is 20.6 Å². The highest BCUT2D eigenvalue weighted by Gasteiger charge is 2.16. The second kappa shape index (κ2) is 6.35. The molecule has 0 saturated heterocycles. The first-order chi connectivity index (χ1) is 12.5. The Balaban J connectivity index is 1.69. The van der Waals surface area contributed by atoms with Crippen LogP contribution in [0.4, 0.5) is 0 Å². The summed E-state index contributed by atoms with van der Waals surface area (Å²) in [7, 11) is 0. The van der Waals surface area contributed by atoms with Crippen molar-refractivity contribution in [1.82, 2.24) is 4.57 Å². The van der Waals surface area contributed by atoms with Crippen molar-refractivity contribution in [2.45, 2.75) is 13.5 Å². The molecule has 4 rings (SSSR count). The summed E-state index contributed by atoms with van der Waals surface area (Å²) >= 11 is 1.48. The predicted octanol–water partition coefficient (Wildman–Crippen LogP) is 4.70. The Kier molecular flexibility index (Phi) is 4.01. The van der Waals surface area contributed by atoms with Gasteiger partial charge in [0.25, 0.3) is 0 Å². The maximum atomic E-state index is 12.7. The fourth-order valence-electron chi connectivity index (χ4n) is 3.02. The molecule has 2 heterocycles. The molecule has 4 nitrogen and oxygen atoms in total. The summed E-state index contributed by atoms with van der Waals surface area (Å²) in [4.78, 5) is 14.4. The van der Waals surface area contributed by atoms with E-state index < -0.39 is 0 Å². The Morgan fingerprint density at radius 1 is 0.962 bits per heavy atom. The lowest BCUT2D eigenvalue weighted by Gasteiger charge is -2.07. The number of carbonyl (C=O) groups is 1. The number of ketones is 1. The normalized spacial score (nSPS) is 11.1. The number of thiophene rings is 1. The summed E-state index contributed by atoms with van der Waals surface area (Å²) in [5.41, 5.74) is 2.78. The van der Waals surface area contributed by atoms with Gasteiger partial charge in [-0.3, -0.25) is 4.79 Å². The van der Waals surface area contributed by atoms with Gasteiger partial charge in [-0.25, -0.2) is 0 Å². The molecule has 0 amide bonds. The van der Waals surface area contributed by atoms with E-state index in [-0.39, 0.29) is 17.3 Å². The van der Waals surface area contributed by atoms with Gasteiger partial charge in [0.15, 0.2) is 0 Å². The molecular formula is C21H17NO3S. The Bertz CT molecular complexity index is 1090. The molecule has 0 radical (unpaired) electrons. The zero-order valence-corrected chi connectivity index (χ0v) is 15.0. The average Bonchev–Trinajstić information content (AvgIpc) is 3.16. The van der Waals surface area contributed by atoms with E-state index in [9.17, 15) is 15.0 Å². The third-order valence-electron chi connectivity index (χ3n) is 4.41. The number of aryl methyl sites for hydroxylation is 1. The number of aromatic hydroxyl groups is 2. The highest BCUT2D eigenvalue weighted by Crippen LogP contribution is 2.31. The van der Waals surface area contributed by atoms with Gasteiger partial charge in [-0.1, -0.05) is 12.1 Å². The smallest absolute Gasteiger partial charge is 0.203 e. The summed E-state index contributed by atoms with van der Waals surface area (Å²) in [6.07, 6.45) is 0. The second-order valence-corrected chi connectivity index (χ2v) is 7.32. The standard InChI is InChI=1S/C21H17NO3S/c1-13-10-16-11-19(20(25)15-4-8-18(24)9-5-15)26-21(16)22(13)12-14-2-6-17(23)7-3-14/h2-11,23-24H,12H2,1H3. The minimum atomic E-state index is -0.0416. The van der Waals surface area contributed by atoms with Gasteiger partial charge in [0.2, 0.25) is 5.78 Å². The molecule has 0 spiro atoms. The van der Waals surface area contributed by atoms with Crippen LogP contribution in [0, 0.1) is 6.92 Å². The number of hydrogen-bond donors (Lipinski definition) is 2. The van der Waals surface area contributed by atoms with Crippen molar-refractivity contribution in [3.05, 3.63) is 82.4 Å². The number of phenols is 2. The quantitative estimate of drug-likeness (QED) is 0.517. The molecule has 0 atom stereocenters. The van der Waals surface area contributed by atoms with Gasteiger partial charge in [0.1, 0.15) is 16.3 Å². The molecule has 0 aliphatic rings. The first-order valence-corrected chi connectivity index (χ1v) is 9.04. The van der Waals surface area contributed by atoms with Gasteiger partial charge in [-0.05, 0) is 61.0 Å². The van der Waals surface area contributed by atoms with E-state index in [0.717, 1.165) is 21.5 Å². The van der Waals surface area contributed by atoms with E-state index in [0.29, 0.717) is 17.0 Å². The van der Waals surface area contributed by atoms with Crippen LogP contribution in [0.15, 0.2) is 60.7 Å². The van der Waals surface area contributed by atoms with Gasteiger partial charge >= 0.3 is 0 Å². The number of fused-ring (bicyclic) bond motifs is 1. The molecule has 26 heavy (non-hydrogen) atoms. The summed E-state index contributed by atoms with van der Waals surface area (Å²) < 4.78 is 2.18. The number of benzene rings is 2. The van der Waals surface area contributed by atoms with E-state index in [1.807, 2.05) is 18.2 Å². The molecule has 0 aliphatic carbocycles. The Morgan fingerprint density at radius 3 is 2.23 bits per heavy atom. The molecule has 2 aromatic carbocycles. The van der Waals surface area contributed by atoms with Gasteiger partial charge in [0.05, 0.1) is 4.88 Å². The van der Waals surface area contributed by atoms with Crippen molar-refractivity contribution in [1.29, 1.82) is 0 Å². The molecule has 0 aliphatic heterocycles. The maximum absolute atomic E-state index is 12.7. The number of carbonyl (C=O) groups excluding carboxylic acids is 1. The number of nitrogens with zero attached hydrogens (tertiary/aromatic N) is 1. The third kappa shape index (κ3) is 2.97.